The van der Waals surface area contributed by atoms with Crippen LogP contribution in [0.15, 0.2) is 79.1 Å². The van der Waals surface area contributed by atoms with E-state index in [0.29, 0.717) is 21.9 Å². The van der Waals surface area contributed by atoms with Crippen LogP contribution in [0.1, 0.15) is 23.1 Å². The van der Waals surface area contributed by atoms with Crippen LogP contribution >= 0.6 is 11.6 Å². The SMILES string of the molecule is O=C(Oc1cccc(Cl)c1)C(c1ccccc1)C(O)c1cccnc1. The normalized spacial score (nSPS) is 13.0. The molecule has 0 aliphatic rings. The molecule has 2 atom stereocenters. The number of aromatic nitrogens is 1. The van der Waals surface area contributed by atoms with Crippen molar-refractivity contribution in [3.8, 4) is 5.75 Å². The molecule has 0 amide bonds. The van der Waals surface area contributed by atoms with Gasteiger partial charge in [0.1, 0.15) is 11.7 Å². The molecule has 0 fully saturated rings. The van der Waals surface area contributed by atoms with Crippen molar-refractivity contribution in [1.29, 1.82) is 0 Å². The van der Waals surface area contributed by atoms with E-state index in [-0.39, 0.29) is 0 Å². The Kier molecular flexibility index (Phi) is 5.43. The molecule has 0 saturated heterocycles. The summed E-state index contributed by atoms with van der Waals surface area (Å²) >= 11 is 5.93. The second-order valence-electron chi connectivity index (χ2n) is 5.50. The minimum atomic E-state index is -1.08. The lowest BCUT2D eigenvalue weighted by atomic mass is 9.90. The molecule has 0 radical (unpaired) electrons. The fraction of sp³-hybridized carbons (Fsp3) is 0.100. The molecule has 2 unspecified atom stereocenters. The van der Waals surface area contributed by atoms with E-state index in [1.807, 2.05) is 18.2 Å². The number of carbonyl (C=O) groups is 1. The number of ether oxygens (including phenoxy) is 1. The highest BCUT2D eigenvalue weighted by Gasteiger charge is 2.31. The third kappa shape index (κ3) is 4.24. The highest BCUT2D eigenvalue weighted by Crippen LogP contribution is 2.32. The summed E-state index contributed by atoms with van der Waals surface area (Å²) in [7, 11) is 0. The van der Waals surface area contributed by atoms with Crippen LogP contribution in [0.5, 0.6) is 5.75 Å². The number of pyridine rings is 1. The van der Waals surface area contributed by atoms with E-state index in [1.165, 1.54) is 6.20 Å². The monoisotopic (exact) mass is 353 g/mol. The van der Waals surface area contributed by atoms with Gasteiger partial charge in [-0.15, -0.1) is 0 Å². The second-order valence-corrected chi connectivity index (χ2v) is 5.93. The molecule has 0 spiro atoms. The smallest absolute Gasteiger partial charge is 0.321 e. The van der Waals surface area contributed by atoms with Gasteiger partial charge in [0.2, 0.25) is 0 Å². The van der Waals surface area contributed by atoms with Crippen LogP contribution < -0.4 is 4.74 Å². The summed E-state index contributed by atoms with van der Waals surface area (Å²) in [6.45, 7) is 0. The Hall–Kier alpha value is -2.69. The first-order valence-corrected chi connectivity index (χ1v) is 8.13. The number of aliphatic hydroxyl groups excluding tert-OH is 1. The quantitative estimate of drug-likeness (QED) is 0.552. The van der Waals surface area contributed by atoms with Gasteiger partial charge in [-0.05, 0) is 29.8 Å². The molecule has 0 saturated carbocycles. The van der Waals surface area contributed by atoms with Crippen molar-refractivity contribution in [2.24, 2.45) is 0 Å². The van der Waals surface area contributed by atoms with Crippen molar-refractivity contribution in [3.05, 3.63) is 95.3 Å². The van der Waals surface area contributed by atoms with Gasteiger partial charge in [-0.25, -0.2) is 0 Å². The molecular weight excluding hydrogens is 338 g/mol. The highest BCUT2D eigenvalue weighted by molar-refractivity contribution is 6.30. The van der Waals surface area contributed by atoms with Crippen LogP contribution in [-0.4, -0.2) is 16.1 Å². The number of carbonyl (C=O) groups excluding carboxylic acids is 1. The van der Waals surface area contributed by atoms with E-state index >= 15 is 0 Å². The fourth-order valence-corrected chi connectivity index (χ4v) is 2.74. The predicted octanol–water partition coefficient (Wildman–Crippen LogP) is 4.16. The van der Waals surface area contributed by atoms with Gasteiger partial charge in [0.25, 0.3) is 0 Å². The number of rotatable bonds is 5. The maximum absolute atomic E-state index is 12.8. The van der Waals surface area contributed by atoms with Gasteiger partial charge in [0.15, 0.2) is 0 Å². The average Bonchev–Trinajstić information content (AvgIpc) is 2.63. The lowest BCUT2D eigenvalue weighted by molar-refractivity contribution is -0.139. The van der Waals surface area contributed by atoms with Crippen LogP contribution in [-0.2, 0) is 4.79 Å². The fourth-order valence-electron chi connectivity index (χ4n) is 2.56. The first kappa shape index (κ1) is 17.1. The first-order valence-electron chi connectivity index (χ1n) is 7.75. The zero-order chi connectivity index (χ0) is 17.6. The third-order valence-electron chi connectivity index (χ3n) is 3.77. The summed E-state index contributed by atoms with van der Waals surface area (Å²) in [4.78, 5) is 16.8. The van der Waals surface area contributed by atoms with Gasteiger partial charge in [0.05, 0.1) is 6.10 Å². The number of hydrogen-bond donors (Lipinski definition) is 1. The van der Waals surface area contributed by atoms with E-state index < -0.39 is 18.0 Å². The van der Waals surface area contributed by atoms with Crippen LogP contribution in [0, 0.1) is 0 Å². The van der Waals surface area contributed by atoms with Gasteiger partial charge < -0.3 is 9.84 Å². The minimum absolute atomic E-state index is 0.330. The Morgan fingerprint density at radius 2 is 1.76 bits per heavy atom. The molecular formula is C20H16ClNO3. The van der Waals surface area contributed by atoms with Crippen molar-refractivity contribution in [1.82, 2.24) is 4.98 Å². The van der Waals surface area contributed by atoms with E-state index in [9.17, 15) is 9.90 Å². The molecule has 4 nitrogen and oxygen atoms in total. The lowest BCUT2D eigenvalue weighted by Crippen LogP contribution is -2.25. The van der Waals surface area contributed by atoms with E-state index in [2.05, 4.69) is 4.98 Å². The standard InChI is InChI=1S/C20H16ClNO3/c21-16-9-4-10-17(12-16)25-20(24)18(14-6-2-1-3-7-14)19(23)15-8-5-11-22-13-15/h1-13,18-19,23H. The summed E-state index contributed by atoms with van der Waals surface area (Å²) in [6, 6.07) is 19.0. The third-order valence-corrected chi connectivity index (χ3v) is 4.00. The van der Waals surface area contributed by atoms with Gasteiger partial charge in [0, 0.05) is 23.0 Å². The van der Waals surface area contributed by atoms with Crippen molar-refractivity contribution in [2.75, 3.05) is 0 Å². The Labute approximate surface area is 150 Å². The van der Waals surface area contributed by atoms with Crippen LogP contribution in [0.3, 0.4) is 0 Å². The molecule has 2 aromatic carbocycles. The second kappa shape index (κ2) is 7.92. The average molecular weight is 354 g/mol. The molecule has 0 bridgehead atoms. The number of aliphatic hydroxyl groups is 1. The van der Waals surface area contributed by atoms with E-state index in [0.717, 1.165) is 0 Å². The number of nitrogens with zero attached hydrogens (tertiary/aromatic N) is 1. The summed E-state index contributed by atoms with van der Waals surface area (Å²) in [6.07, 6.45) is 2.06. The predicted molar refractivity (Wildman–Crippen MR) is 95.5 cm³/mol. The molecule has 0 aliphatic carbocycles. The van der Waals surface area contributed by atoms with Crippen molar-refractivity contribution < 1.29 is 14.6 Å². The molecule has 0 aliphatic heterocycles. The number of esters is 1. The van der Waals surface area contributed by atoms with Crippen molar-refractivity contribution in [3.63, 3.8) is 0 Å². The molecule has 5 heteroatoms. The molecule has 1 aromatic heterocycles. The van der Waals surface area contributed by atoms with E-state index in [1.54, 1.807) is 54.7 Å². The van der Waals surface area contributed by atoms with Crippen LogP contribution in [0.4, 0.5) is 0 Å². The zero-order valence-corrected chi connectivity index (χ0v) is 14.0. The van der Waals surface area contributed by atoms with Gasteiger partial charge in [-0.2, -0.15) is 0 Å². The molecule has 3 rings (SSSR count). The maximum Gasteiger partial charge on any atom is 0.321 e. The van der Waals surface area contributed by atoms with Gasteiger partial charge >= 0.3 is 5.97 Å². The first-order chi connectivity index (χ1) is 12.1. The van der Waals surface area contributed by atoms with Crippen LogP contribution in [0.2, 0.25) is 5.02 Å². The summed E-state index contributed by atoms with van der Waals surface area (Å²) in [5, 5.41) is 11.2. The van der Waals surface area contributed by atoms with Crippen molar-refractivity contribution in [2.45, 2.75) is 12.0 Å². The molecule has 1 heterocycles. The summed E-state index contributed by atoms with van der Waals surface area (Å²) < 4.78 is 5.45. The number of halogens is 1. The van der Waals surface area contributed by atoms with Crippen LogP contribution in [0.25, 0.3) is 0 Å². The summed E-state index contributed by atoms with van der Waals surface area (Å²) in [5.74, 6) is -1.12. The molecule has 3 aromatic rings. The Morgan fingerprint density at radius 1 is 1.00 bits per heavy atom. The Bertz CT molecular complexity index is 840. The zero-order valence-electron chi connectivity index (χ0n) is 13.2. The van der Waals surface area contributed by atoms with E-state index in [4.69, 9.17) is 16.3 Å². The largest absolute Gasteiger partial charge is 0.426 e. The molecule has 126 valence electrons. The topological polar surface area (TPSA) is 59.4 Å². The molecule has 25 heavy (non-hydrogen) atoms. The lowest BCUT2D eigenvalue weighted by Gasteiger charge is -2.22. The molecule has 1 N–H and O–H groups in total. The number of benzene rings is 2. The van der Waals surface area contributed by atoms with Gasteiger partial charge in [-0.1, -0.05) is 54.1 Å². The summed E-state index contributed by atoms with van der Waals surface area (Å²) in [5.41, 5.74) is 1.20. The minimum Gasteiger partial charge on any atom is -0.426 e. The number of hydrogen-bond acceptors (Lipinski definition) is 4. The van der Waals surface area contributed by atoms with Gasteiger partial charge in [-0.3, -0.25) is 9.78 Å². The maximum atomic E-state index is 12.8. The Balaban J connectivity index is 1.92. The van der Waals surface area contributed by atoms with Crippen molar-refractivity contribution >= 4 is 17.6 Å². The highest BCUT2D eigenvalue weighted by atomic mass is 35.5. The Morgan fingerprint density at radius 3 is 2.44 bits per heavy atom.